The standard InChI is InChI=1S/C20H17F3N4OS/c1-11(20(21,22)23)3-6-16(28)17-8-12-4-5-15(25-19(12)29-17)13-7-14-10-27(2)26-18(14)24-9-13/h4-5,7-10,16,28H,1,3,6H2,2H3. The maximum absolute atomic E-state index is 12.6. The van der Waals surface area contributed by atoms with Gasteiger partial charge in [-0.15, -0.1) is 11.3 Å². The van der Waals surface area contributed by atoms with E-state index in [4.69, 9.17) is 0 Å². The van der Waals surface area contributed by atoms with Crippen molar-refractivity contribution in [1.29, 1.82) is 0 Å². The summed E-state index contributed by atoms with van der Waals surface area (Å²) in [6.45, 7) is 3.05. The van der Waals surface area contributed by atoms with Crippen molar-refractivity contribution in [2.24, 2.45) is 7.05 Å². The third-order valence-electron chi connectivity index (χ3n) is 4.62. The molecule has 0 saturated heterocycles. The number of aryl methyl sites for hydroxylation is 1. The minimum atomic E-state index is -4.43. The van der Waals surface area contributed by atoms with E-state index in [0.29, 0.717) is 15.4 Å². The van der Waals surface area contributed by atoms with Crippen molar-refractivity contribution in [3.05, 3.63) is 53.7 Å². The van der Waals surface area contributed by atoms with Gasteiger partial charge in [0.05, 0.1) is 11.8 Å². The van der Waals surface area contributed by atoms with E-state index in [1.165, 1.54) is 11.3 Å². The van der Waals surface area contributed by atoms with E-state index in [-0.39, 0.29) is 12.8 Å². The number of allylic oxidation sites excluding steroid dienone is 1. The number of pyridine rings is 2. The zero-order valence-electron chi connectivity index (χ0n) is 15.4. The summed E-state index contributed by atoms with van der Waals surface area (Å²) in [5.41, 5.74) is 1.38. The first-order valence-corrected chi connectivity index (χ1v) is 9.65. The Balaban J connectivity index is 1.57. The number of aromatic nitrogens is 4. The molecule has 29 heavy (non-hydrogen) atoms. The normalized spacial score (nSPS) is 13.3. The molecule has 0 aromatic carbocycles. The van der Waals surface area contributed by atoms with Crippen LogP contribution in [0.4, 0.5) is 13.2 Å². The molecule has 4 rings (SSSR count). The number of aliphatic hydroxyl groups excluding tert-OH is 1. The molecular formula is C20H17F3N4OS. The zero-order valence-corrected chi connectivity index (χ0v) is 16.3. The lowest BCUT2D eigenvalue weighted by Gasteiger charge is -2.12. The lowest BCUT2D eigenvalue weighted by atomic mass is 10.1. The Hall–Kier alpha value is -2.78. The molecule has 1 unspecified atom stereocenters. The third kappa shape index (κ3) is 4.01. The van der Waals surface area contributed by atoms with E-state index in [2.05, 4.69) is 21.6 Å². The molecular weight excluding hydrogens is 401 g/mol. The predicted octanol–water partition coefficient (Wildman–Crippen LogP) is 5.18. The van der Waals surface area contributed by atoms with Gasteiger partial charge in [-0.3, -0.25) is 4.68 Å². The van der Waals surface area contributed by atoms with E-state index in [1.54, 1.807) is 16.9 Å². The van der Waals surface area contributed by atoms with Crippen molar-refractivity contribution in [2.75, 3.05) is 0 Å². The third-order valence-corrected chi connectivity index (χ3v) is 5.77. The average Bonchev–Trinajstić information content (AvgIpc) is 3.25. The van der Waals surface area contributed by atoms with Crippen molar-refractivity contribution in [3.63, 3.8) is 0 Å². The molecule has 0 radical (unpaired) electrons. The Bertz CT molecular complexity index is 1210. The van der Waals surface area contributed by atoms with Crippen LogP contribution in [0.3, 0.4) is 0 Å². The van der Waals surface area contributed by atoms with Crippen molar-refractivity contribution in [2.45, 2.75) is 25.1 Å². The van der Waals surface area contributed by atoms with E-state index in [9.17, 15) is 18.3 Å². The summed E-state index contributed by atoms with van der Waals surface area (Å²) < 4.78 is 39.4. The summed E-state index contributed by atoms with van der Waals surface area (Å²) >= 11 is 1.27. The number of hydrogen-bond donors (Lipinski definition) is 1. The molecule has 4 heterocycles. The van der Waals surface area contributed by atoms with Gasteiger partial charge in [-0.25, -0.2) is 9.97 Å². The number of thiophene rings is 1. The van der Waals surface area contributed by atoms with Gasteiger partial charge >= 0.3 is 6.18 Å². The van der Waals surface area contributed by atoms with Crippen LogP contribution >= 0.6 is 11.3 Å². The minimum Gasteiger partial charge on any atom is -0.388 e. The van der Waals surface area contributed by atoms with Crippen LogP contribution in [0.5, 0.6) is 0 Å². The number of aliphatic hydroxyl groups is 1. The number of halogens is 3. The lowest BCUT2D eigenvalue weighted by molar-refractivity contribution is -0.0943. The summed E-state index contributed by atoms with van der Waals surface area (Å²) in [6, 6.07) is 7.46. The largest absolute Gasteiger partial charge is 0.412 e. The molecule has 0 aliphatic heterocycles. The summed E-state index contributed by atoms with van der Waals surface area (Å²) in [6.07, 6.45) is -2.20. The molecule has 4 aromatic rings. The zero-order chi connectivity index (χ0) is 20.8. The Kier molecular flexibility index (Phi) is 4.87. The second kappa shape index (κ2) is 7.23. The molecule has 0 aliphatic rings. The van der Waals surface area contributed by atoms with Crippen molar-refractivity contribution < 1.29 is 18.3 Å². The smallest absolute Gasteiger partial charge is 0.388 e. The molecule has 1 N–H and O–H groups in total. The number of nitrogens with zero attached hydrogens (tertiary/aromatic N) is 4. The minimum absolute atomic E-state index is 0.0420. The first-order valence-electron chi connectivity index (χ1n) is 8.84. The van der Waals surface area contributed by atoms with E-state index >= 15 is 0 Å². The first kappa shape index (κ1) is 19.5. The summed E-state index contributed by atoms with van der Waals surface area (Å²) in [5.74, 6) is 0. The van der Waals surface area contributed by atoms with Crippen LogP contribution in [-0.2, 0) is 7.05 Å². The molecule has 0 aliphatic carbocycles. The highest BCUT2D eigenvalue weighted by Gasteiger charge is 2.31. The second-order valence-electron chi connectivity index (χ2n) is 6.84. The average molecular weight is 418 g/mol. The van der Waals surface area contributed by atoms with Crippen LogP contribution in [0.25, 0.3) is 32.5 Å². The highest BCUT2D eigenvalue weighted by atomic mass is 32.1. The molecule has 0 saturated carbocycles. The van der Waals surface area contributed by atoms with Gasteiger partial charge in [0.1, 0.15) is 4.83 Å². The fraction of sp³-hybridized carbons (Fsp3) is 0.250. The van der Waals surface area contributed by atoms with Gasteiger partial charge < -0.3 is 5.11 Å². The maximum atomic E-state index is 12.6. The van der Waals surface area contributed by atoms with Gasteiger partial charge in [-0.2, -0.15) is 18.3 Å². The van der Waals surface area contributed by atoms with E-state index in [1.807, 2.05) is 31.4 Å². The summed E-state index contributed by atoms with van der Waals surface area (Å²) in [7, 11) is 1.83. The molecule has 0 fully saturated rings. The SMILES string of the molecule is C=C(CCC(O)c1cc2ccc(-c3cnc4nn(C)cc4c3)nc2s1)C(F)(F)F. The molecule has 1 atom stereocenters. The molecule has 4 aromatic heterocycles. The highest BCUT2D eigenvalue weighted by molar-refractivity contribution is 7.18. The lowest BCUT2D eigenvalue weighted by Crippen LogP contribution is -2.11. The van der Waals surface area contributed by atoms with Crippen LogP contribution in [0.1, 0.15) is 23.8 Å². The monoisotopic (exact) mass is 418 g/mol. The number of alkyl halides is 3. The van der Waals surface area contributed by atoms with E-state index in [0.717, 1.165) is 22.0 Å². The van der Waals surface area contributed by atoms with Crippen LogP contribution < -0.4 is 0 Å². The molecule has 0 amide bonds. The molecule has 9 heteroatoms. The Labute approximate surface area is 168 Å². The molecule has 0 bridgehead atoms. The predicted molar refractivity (Wildman–Crippen MR) is 107 cm³/mol. The second-order valence-corrected chi connectivity index (χ2v) is 7.90. The van der Waals surface area contributed by atoms with Crippen molar-refractivity contribution in [3.8, 4) is 11.3 Å². The van der Waals surface area contributed by atoms with E-state index < -0.39 is 17.9 Å². The molecule has 150 valence electrons. The molecule has 0 spiro atoms. The fourth-order valence-corrected chi connectivity index (χ4v) is 4.08. The Morgan fingerprint density at radius 3 is 2.83 bits per heavy atom. The Morgan fingerprint density at radius 1 is 1.28 bits per heavy atom. The first-order chi connectivity index (χ1) is 13.7. The number of hydrogen-bond acceptors (Lipinski definition) is 5. The van der Waals surface area contributed by atoms with Gasteiger partial charge in [0, 0.05) is 46.2 Å². The van der Waals surface area contributed by atoms with Crippen LogP contribution in [0.2, 0.25) is 0 Å². The fourth-order valence-electron chi connectivity index (χ4n) is 3.03. The Morgan fingerprint density at radius 2 is 2.07 bits per heavy atom. The summed E-state index contributed by atoms with van der Waals surface area (Å²) in [5, 5.41) is 16.3. The van der Waals surface area contributed by atoms with Gasteiger partial charge in [0.25, 0.3) is 0 Å². The number of fused-ring (bicyclic) bond motifs is 2. The van der Waals surface area contributed by atoms with Crippen LogP contribution in [0, 0.1) is 0 Å². The molecule has 5 nitrogen and oxygen atoms in total. The van der Waals surface area contributed by atoms with Gasteiger partial charge in [-0.05, 0) is 37.1 Å². The quantitative estimate of drug-likeness (QED) is 0.454. The summed E-state index contributed by atoms with van der Waals surface area (Å²) in [4.78, 5) is 10.3. The number of rotatable bonds is 5. The van der Waals surface area contributed by atoms with Crippen LogP contribution in [0.15, 0.2) is 48.8 Å². The topological polar surface area (TPSA) is 63.8 Å². The maximum Gasteiger partial charge on any atom is 0.412 e. The van der Waals surface area contributed by atoms with Gasteiger partial charge in [0.15, 0.2) is 5.65 Å². The van der Waals surface area contributed by atoms with Gasteiger partial charge in [-0.1, -0.05) is 6.58 Å². The van der Waals surface area contributed by atoms with Crippen LogP contribution in [-0.4, -0.2) is 31.0 Å². The van der Waals surface area contributed by atoms with Gasteiger partial charge in [0.2, 0.25) is 0 Å². The van der Waals surface area contributed by atoms with Crippen molar-refractivity contribution >= 4 is 32.6 Å². The van der Waals surface area contributed by atoms with Crippen molar-refractivity contribution in [1.82, 2.24) is 19.7 Å². The highest BCUT2D eigenvalue weighted by Crippen LogP contribution is 2.35.